The average molecular weight is 247 g/mol. The summed E-state index contributed by atoms with van der Waals surface area (Å²) in [5.41, 5.74) is 8.15. The third-order valence-corrected chi connectivity index (χ3v) is 5.48. The Morgan fingerprint density at radius 3 is 2.22 bits per heavy atom. The molecule has 4 saturated carbocycles. The Morgan fingerprint density at radius 1 is 1.06 bits per heavy atom. The van der Waals surface area contributed by atoms with Gasteiger partial charge in [0.2, 0.25) is 0 Å². The molecule has 0 unspecified atom stereocenters. The van der Waals surface area contributed by atoms with E-state index in [-0.39, 0.29) is 0 Å². The summed E-state index contributed by atoms with van der Waals surface area (Å²) in [6.45, 7) is 0.633. The van der Waals surface area contributed by atoms with Crippen LogP contribution in [0.3, 0.4) is 0 Å². The first-order chi connectivity index (χ1) is 8.79. The van der Waals surface area contributed by atoms with Crippen molar-refractivity contribution < 1.29 is 4.63 Å². The second kappa shape index (κ2) is 3.80. The molecule has 2 N–H and O–H groups in total. The maximum Gasteiger partial charge on any atom is 0.114 e. The van der Waals surface area contributed by atoms with Crippen LogP contribution < -0.4 is 5.73 Å². The van der Waals surface area contributed by atoms with E-state index in [0.717, 1.165) is 35.6 Å². The molecule has 18 heavy (non-hydrogen) atoms. The number of nitrogens with zero attached hydrogens (tertiary/aromatic N) is 2. The van der Waals surface area contributed by atoms with Gasteiger partial charge in [0.25, 0.3) is 0 Å². The molecule has 0 amide bonds. The Labute approximate surface area is 107 Å². The van der Waals surface area contributed by atoms with Gasteiger partial charge in [-0.25, -0.2) is 4.63 Å². The fourth-order valence-electron chi connectivity index (χ4n) is 5.31. The summed E-state index contributed by atoms with van der Waals surface area (Å²) in [4.78, 5) is 0. The molecule has 4 bridgehead atoms. The molecule has 0 radical (unpaired) electrons. The Morgan fingerprint density at radius 2 is 1.67 bits per heavy atom. The monoisotopic (exact) mass is 247 g/mol. The zero-order valence-corrected chi connectivity index (χ0v) is 10.8. The molecular formula is C14H21N3O. The first-order valence-corrected chi connectivity index (χ1v) is 7.31. The lowest BCUT2D eigenvalue weighted by Gasteiger charge is -2.56. The van der Waals surface area contributed by atoms with Crippen LogP contribution in [0, 0.1) is 17.8 Å². The van der Waals surface area contributed by atoms with Gasteiger partial charge in [0, 0.05) is 11.8 Å². The lowest BCUT2D eigenvalue weighted by atomic mass is 9.48. The van der Waals surface area contributed by atoms with Gasteiger partial charge in [-0.05, 0) is 62.8 Å². The van der Waals surface area contributed by atoms with Crippen molar-refractivity contribution in [2.75, 3.05) is 6.54 Å². The Kier molecular flexibility index (Phi) is 2.31. The van der Waals surface area contributed by atoms with Gasteiger partial charge in [-0.1, -0.05) is 10.3 Å². The van der Waals surface area contributed by atoms with Gasteiger partial charge in [0.1, 0.15) is 11.4 Å². The van der Waals surface area contributed by atoms with Crippen molar-refractivity contribution >= 4 is 0 Å². The summed E-state index contributed by atoms with van der Waals surface area (Å²) >= 11 is 0. The molecule has 0 aliphatic heterocycles. The minimum absolute atomic E-state index is 0.291. The molecule has 0 spiro atoms. The fourth-order valence-corrected chi connectivity index (χ4v) is 5.31. The van der Waals surface area contributed by atoms with E-state index >= 15 is 0 Å². The van der Waals surface area contributed by atoms with E-state index in [1.54, 1.807) is 0 Å². The molecule has 4 fully saturated rings. The number of nitrogens with two attached hydrogens (primary N) is 1. The van der Waals surface area contributed by atoms with E-state index in [2.05, 4.69) is 10.3 Å². The van der Waals surface area contributed by atoms with Crippen molar-refractivity contribution in [3.05, 3.63) is 11.4 Å². The van der Waals surface area contributed by atoms with Crippen LogP contribution in [0.1, 0.15) is 49.9 Å². The summed E-state index contributed by atoms with van der Waals surface area (Å²) in [5.74, 6) is 2.79. The van der Waals surface area contributed by atoms with E-state index in [1.165, 1.54) is 38.5 Å². The highest BCUT2D eigenvalue weighted by Gasteiger charge is 2.53. The molecule has 4 heteroatoms. The Balaban J connectivity index is 1.72. The van der Waals surface area contributed by atoms with Gasteiger partial charge in [0.05, 0.1) is 0 Å². The van der Waals surface area contributed by atoms with Gasteiger partial charge < -0.3 is 5.73 Å². The maximum atomic E-state index is 5.67. The lowest BCUT2D eigenvalue weighted by Crippen LogP contribution is -2.49. The van der Waals surface area contributed by atoms with Crippen LogP contribution in [0.25, 0.3) is 0 Å². The van der Waals surface area contributed by atoms with E-state index in [4.69, 9.17) is 10.4 Å². The smallest absolute Gasteiger partial charge is 0.114 e. The number of rotatable bonds is 3. The zero-order valence-electron chi connectivity index (χ0n) is 10.8. The molecule has 1 aromatic heterocycles. The summed E-state index contributed by atoms with van der Waals surface area (Å²) in [5, 5.41) is 8.38. The van der Waals surface area contributed by atoms with Gasteiger partial charge in [0.15, 0.2) is 0 Å². The molecule has 0 atom stereocenters. The molecule has 0 aromatic carbocycles. The lowest BCUT2D eigenvalue weighted by molar-refractivity contribution is -0.00887. The Bertz CT molecular complexity index is 418. The van der Waals surface area contributed by atoms with Crippen LogP contribution >= 0.6 is 0 Å². The molecule has 1 heterocycles. The second-order valence-corrected chi connectivity index (χ2v) is 6.80. The van der Waals surface area contributed by atoms with Crippen LogP contribution in [-0.2, 0) is 11.8 Å². The predicted octanol–water partition coefficient (Wildman–Crippen LogP) is 2.04. The zero-order chi connectivity index (χ0) is 12.2. The summed E-state index contributed by atoms with van der Waals surface area (Å²) in [7, 11) is 0. The van der Waals surface area contributed by atoms with Crippen molar-refractivity contribution in [2.24, 2.45) is 23.5 Å². The summed E-state index contributed by atoms with van der Waals surface area (Å²) < 4.78 is 5.03. The Hall–Kier alpha value is -0.900. The van der Waals surface area contributed by atoms with Crippen molar-refractivity contribution in [3.63, 3.8) is 0 Å². The average Bonchev–Trinajstić information content (AvgIpc) is 2.76. The highest BCUT2D eigenvalue weighted by molar-refractivity contribution is 5.25. The van der Waals surface area contributed by atoms with Crippen molar-refractivity contribution in [1.82, 2.24) is 10.3 Å². The first kappa shape index (κ1) is 11.0. The molecule has 1 aromatic rings. The molecule has 4 nitrogen and oxygen atoms in total. The summed E-state index contributed by atoms with van der Waals surface area (Å²) in [6, 6.07) is 0. The third-order valence-electron chi connectivity index (χ3n) is 5.48. The molecule has 0 saturated heterocycles. The maximum absolute atomic E-state index is 5.67. The van der Waals surface area contributed by atoms with Crippen molar-refractivity contribution in [1.29, 1.82) is 0 Å². The molecule has 5 rings (SSSR count). The van der Waals surface area contributed by atoms with Crippen LogP contribution in [0.2, 0.25) is 0 Å². The van der Waals surface area contributed by atoms with Crippen LogP contribution in [0.4, 0.5) is 0 Å². The van der Waals surface area contributed by atoms with E-state index in [1.807, 2.05) is 0 Å². The fraction of sp³-hybridized carbons (Fsp3) is 0.857. The largest absolute Gasteiger partial charge is 0.330 e. The first-order valence-electron chi connectivity index (χ1n) is 7.31. The number of hydrogen-bond donors (Lipinski definition) is 1. The van der Waals surface area contributed by atoms with Crippen molar-refractivity contribution in [3.8, 4) is 0 Å². The SMILES string of the molecule is NCCc1nonc1C12CC3CC(CC(C3)C1)C2. The molecule has 98 valence electrons. The standard InChI is InChI=1S/C14H21N3O/c15-2-1-12-13(17-18-16-12)14-6-9-3-10(7-14)5-11(4-9)8-14/h9-11H,1-8,15H2. The van der Waals surface area contributed by atoms with E-state index in [9.17, 15) is 0 Å². The highest BCUT2D eigenvalue weighted by Crippen LogP contribution is 2.60. The quantitative estimate of drug-likeness (QED) is 0.887. The van der Waals surface area contributed by atoms with Crippen LogP contribution in [0.15, 0.2) is 4.63 Å². The van der Waals surface area contributed by atoms with Gasteiger partial charge >= 0.3 is 0 Å². The minimum Gasteiger partial charge on any atom is -0.330 e. The van der Waals surface area contributed by atoms with Crippen LogP contribution in [-0.4, -0.2) is 16.9 Å². The summed E-state index contributed by atoms with van der Waals surface area (Å²) in [6.07, 6.45) is 9.10. The molecular weight excluding hydrogens is 226 g/mol. The predicted molar refractivity (Wildman–Crippen MR) is 66.9 cm³/mol. The third kappa shape index (κ3) is 1.48. The molecule has 4 aliphatic carbocycles. The van der Waals surface area contributed by atoms with Crippen LogP contribution in [0.5, 0.6) is 0 Å². The number of aromatic nitrogens is 2. The highest BCUT2D eigenvalue weighted by atomic mass is 16.6. The van der Waals surface area contributed by atoms with Crippen molar-refractivity contribution in [2.45, 2.75) is 50.4 Å². The van der Waals surface area contributed by atoms with Gasteiger partial charge in [-0.2, -0.15) is 0 Å². The minimum atomic E-state index is 0.291. The van der Waals surface area contributed by atoms with E-state index < -0.39 is 0 Å². The topological polar surface area (TPSA) is 64.9 Å². The molecule has 4 aliphatic rings. The normalized spacial score (nSPS) is 41.5. The second-order valence-electron chi connectivity index (χ2n) is 6.80. The van der Waals surface area contributed by atoms with E-state index in [0.29, 0.717) is 12.0 Å². The van der Waals surface area contributed by atoms with Gasteiger partial charge in [-0.15, -0.1) is 0 Å². The number of hydrogen-bond acceptors (Lipinski definition) is 4. The van der Waals surface area contributed by atoms with Gasteiger partial charge in [-0.3, -0.25) is 0 Å².